The van der Waals surface area contributed by atoms with Crippen LogP contribution in [0.15, 0.2) is 72.4 Å². The summed E-state index contributed by atoms with van der Waals surface area (Å²) in [5, 5.41) is 1.70. The summed E-state index contributed by atoms with van der Waals surface area (Å²) in [7, 11) is 0. The van der Waals surface area contributed by atoms with Crippen molar-refractivity contribution in [3.63, 3.8) is 0 Å². The highest BCUT2D eigenvalue weighted by Crippen LogP contribution is 2.22. The number of fused-ring (bicyclic) bond motifs is 1. The highest BCUT2D eigenvalue weighted by Gasteiger charge is 2.14. The number of imidazole rings is 1. The van der Waals surface area contributed by atoms with Crippen LogP contribution >= 0.6 is 11.8 Å². The van der Waals surface area contributed by atoms with Gasteiger partial charge in [0.05, 0.1) is 5.75 Å². The van der Waals surface area contributed by atoms with Gasteiger partial charge in [-0.05, 0) is 17.7 Å². The number of thioether (sulfide) groups is 1. The Morgan fingerprint density at radius 2 is 1.96 bits per heavy atom. The summed E-state index contributed by atoms with van der Waals surface area (Å²) in [6, 6.07) is 14.0. The predicted octanol–water partition coefficient (Wildman–Crippen LogP) is 3.78. The van der Waals surface area contributed by atoms with Gasteiger partial charge < -0.3 is 9.55 Å². The number of carbonyl (C=O) groups excluding carboxylic acids is 1. The summed E-state index contributed by atoms with van der Waals surface area (Å²) < 4.78 is 2.06. The van der Waals surface area contributed by atoms with Gasteiger partial charge in [-0.2, -0.15) is 0 Å². The lowest BCUT2D eigenvalue weighted by Gasteiger charge is -2.07. The second-order valence-corrected chi connectivity index (χ2v) is 6.58. The molecule has 0 aliphatic heterocycles. The molecule has 0 aliphatic carbocycles. The van der Waals surface area contributed by atoms with Crippen LogP contribution in [0.3, 0.4) is 0 Å². The molecule has 6 heteroatoms. The van der Waals surface area contributed by atoms with Crippen LogP contribution in [0.5, 0.6) is 0 Å². The van der Waals surface area contributed by atoms with Gasteiger partial charge in [0.15, 0.2) is 10.9 Å². The van der Waals surface area contributed by atoms with Gasteiger partial charge in [0.2, 0.25) is 0 Å². The molecule has 0 atom stereocenters. The summed E-state index contributed by atoms with van der Waals surface area (Å²) in [5.74, 6) is 0.409. The standard InChI is InChI=1S/C19H16N4OS/c24-17(16-11-22-18-15(16)7-4-8-20-18)13-25-19-21-9-10-23(19)12-14-5-2-1-3-6-14/h1-11H,12-13H2,(H,20,22). The van der Waals surface area contributed by atoms with E-state index in [4.69, 9.17) is 0 Å². The molecule has 4 aromatic rings. The lowest BCUT2D eigenvalue weighted by molar-refractivity contribution is 0.102. The minimum Gasteiger partial charge on any atom is -0.345 e. The van der Waals surface area contributed by atoms with E-state index in [0.29, 0.717) is 11.3 Å². The number of hydrogen-bond acceptors (Lipinski definition) is 4. The largest absolute Gasteiger partial charge is 0.345 e. The number of hydrogen-bond donors (Lipinski definition) is 1. The van der Waals surface area contributed by atoms with Gasteiger partial charge >= 0.3 is 0 Å². The Kier molecular flexibility index (Phi) is 4.35. The summed E-state index contributed by atoms with van der Waals surface area (Å²) in [4.78, 5) is 24.2. The van der Waals surface area contributed by atoms with Gasteiger partial charge in [0.1, 0.15) is 5.65 Å². The number of H-pyrrole nitrogens is 1. The van der Waals surface area contributed by atoms with Gasteiger partial charge in [-0.3, -0.25) is 4.79 Å². The summed E-state index contributed by atoms with van der Waals surface area (Å²) >= 11 is 1.46. The maximum atomic E-state index is 12.6. The Morgan fingerprint density at radius 3 is 2.84 bits per heavy atom. The van der Waals surface area contributed by atoms with Gasteiger partial charge in [-0.15, -0.1) is 0 Å². The van der Waals surface area contributed by atoms with Crippen molar-refractivity contribution in [1.82, 2.24) is 19.5 Å². The third-order valence-electron chi connectivity index (χ3n) is 3.96. The van der Waals surface area contributed by atoms with Crippen LogP contribution in [-0.2, 0) is 6.54 Å². The number of nitrogens with one attached hydrogen (secondary N) is 1. The van der Waals surface area contributed by atoms with Crippen molar-refractivity contribution < 1.29 is 4.79 Å². The Balaban J connectivity index is 1.47. The molecular weight excluding hydrogens is 332 g/mol. The molecule has 0 aliphatic rings. The molecule has 3 heterocycles. The van der Waals surface area contributed by atoms with Crippen molar-refractivity contribution in [2.24, 2.45) is 0 Å². The molecule has 0 bridgehead atoms. The molecule has 0 amide bonds. The van der Waals surface area contributed by atoms with E-state index in [1.807, 2.05) is 36.5 Å². The van der Waals surface area contributed by atoms with Crippen molar-refractivity contribution in [3.05, 3.63) is 78.4 Å². The van der Waals surface area contributed by atoms with Crippen LogP contribution in [0.2, 0.25) is 0 Å². The lowest BCUT2D eigenvalue weighted by atomic mass is 10.1. The van der Waals surface area contributed by atoms with Crippen LogP contribution < -0.4 is 0 Å². The molecule has 3 aromatic heterocycles. The molecule has 0 saturated heterocycles. The monoisotopic (exact) mass is 348 g/mol. The van der Waals surface area contributed by atoms with Crippen molar-refractivity contribution in [2.75, 3.05) is 5.75 Å². The minimum absolute atomic E-state index is 0.0681. The molecule has 124 valence electrons. The van der Waals surface area contributed by atoms with Crippen LogP contribution in [0.4, 0.5) is 0 Å². The quantitative estimate of drug-likeness (QED) is 0.425. The SMILES string of the molecule is O=C(CSc1nccn1Cc1ccccc1)c1c[nH]c2ncccc12. The van der Waals surface area contributed by atoms with Crippen LogP contribution in [0.1, 0.15) is 15.9 Å². The van der Waals surface area contributed by atoms with Crippen LogP contribution in [-0.4, -0.2) is 31.1 Å². The van der Waals surface area contributed by atoms with E-state index >= 15 is 0 Å². The molecule has 0 unspecified atom stereocenters. The van der Waals surface area contributed by atoms with Gasteiger partial charge in [-0.25, -0.2) is 9.97 Å². The highest BCUT2D eigenvalue weighted by molar-refractivity contribution is 7.99. The summed E-state index contributed by atoms with van der Waals surface area (Å²) in [5.41, 5.74) is 2.62. The smallest absolute Gasteiger partial charge is 0.175 e. The fourth-order valence-corrected chi connectivity index (χ4v) is 3.57. The number of aromatic nitrogens is 4. The van der Waals surface area contributed by atoms with Crippen LogP contribution in [0.25, 0.3) is 11.0 Å². The fraction of sp³-hybridized carbons (Fsp3) is 0.105. The zero-order valence-corrected chi connectivity index (χ0v) is 14.2. The van der Waals surface area contributed by atoms with Gasteiger partial charge in [-0.1, -0.05) is 42.1 Å². The number of rotatable bonds is 6. The maximum absolute atomic E-state index is 12.6. The molecule has 5 nitrogen and oxygen atoms in total. The Hall–Kier alpha value is -2.86. The van der Waals surface area contributed by atoms with Gasteiger partial charge in [0.25, 0.3) is 0 Å². The number of benzene rings is 1. The molecule has 25 heavy (non-hydrogen) atoms. The third-order valence-corrected chi connectivity index (χ3v) is 4.96. The first-order valence-electron chi connectivity index (χ1n) is 7.94. The Labute approximate surface area is 149 Å². The van der Waals surface area contributed by atoms with Crippen molar-refractivity contribution >= 4 is 28.6 Å². The second kappa shape index (κ2) is 6.94. The molecule has 0 radical (unpaired) electrons. The number of carbonyl (C=O) groups is 1. The van der Waals surface area contributed by atoms with E-state index in [0.717, 1.165) is 22.7 Å². The molecule has 1 N–H and O–H groups in total. The molecule has 1 aromatic carbocycles. The Bertz CT molecular complexity index is 1010. The summed E-state index contributed by atoms with van der Waals surface area (Å²) in [6.07, 6.45) is 7.15. The van der Waals surface area contributed by atoms with Gasteiger partial charge in [0, 0.05) is 42.3 Å². The average Bonchev–Trinajstić information content (AvgIpc) is 3.27. The van der Waals surface area contributed by atoms with Crippen molar-refractivity contribution in [1.29, 1.82) is 0 Å². The number of nitrogens with zero attached hydrogens (tertiary/aromatic N) is 3. The van der Waals surface area contributed by atoms with Crippen molar-refractivity contribution in [2.45, 2.75) is 11.7 Å². The summed E-state index contributed by atoms with van der Waals surface area (Å²) in [6.45, 7) is 0.744. The molecule has 0 spiro atoms. The normalized spacial score (nSPS) is 11.0. The van der Waals surface area contributed by atoms with E-state index in [9.17, 15) is 4.79 Å². The maximum Gasteiger partial charge on any atom is 0.175 e. The van der Waals surface area contributed by atoms with E-state index in [1.54, 1.807) is 18.6 Å². The molecule has 0 fully saturated rings. The van der Waals surface area contributed by atoms with Crippen LogP contribution in [0, 0.1) is 0 Å². The second-order valence-electron chi connectivity index (χ2n) is 5.64. The van der Waals surface area contributed by atoms with E-state index in [2.05, 4.69) is 31.7 Å². The predicted molar refractivity (Wildman–Crippen MR) is 98.9 cm³/mol. The number of Topliss-reactive ketones (excluding diaryl/α,β-unsaturated/α-hetero) is 1. The minimum atomic E-state index is 0.0681. The molecule has 4 rings (SSSR count). The molecule has 0 saturated carbocycles. The fourth-order valence-electron chi connectivity index (χ4n) is 2.73. The first-order chi connectivity index (χ1) is 12.3. The van der Waals surface area contributed by atoms with E-state index < -0.39 is 0 Å². The van der Waals surface area contributed by atoms with Crippen molar-refractivity contribution in [3.8, 4) is 0 Å². The zero-order chi connectivity index (χ0) is 17.1. The zero-order valence-electron chi connectivity index (χ0n) is 13.4. The van der Waals surface area contributed by atoms with E-state index in [1.165, 1.54) is 17.3 Å². The number of ketones is 1. The molecular formula is C19H16N4OS. The highest BCUT2D eigenvalue weighted by atomic mass is 32.2. The average molecular weight is 348 g/mol. The topological polar surface area (TPSA) is 63.6 Å². The lowest BCUT2D eigenvalue weighted by Crippen LogP contribution is -2.05. The number of aromatic amines is 1. The van der Waals surface area contributed by atoms with E-state index in [-0.39, 0.29) is 5.78 Å². The Morgan fingerprint density at radius 1 is 1.08 bits per heavy atom. The third kappa shape index (κ3) is 3.34. The first kappa shape index (κ1) is 15.7. The number of pyridine rings is 1. The first-order valence-corrected chi connectivity index (χ1v) is 8.93.